The van der Waals surface area contributed by atoms with E-state index in [-0.39, 0.29) is 23.7 Å². The number of thiophene rings is 1. The SMILES string of the molecule is O=C(CN1CCc2sccc2C1)Nc1cccc(C(=O)Nc2cccc(C(F)(F)F)c2)c1. The van der Waals surface area contributed by atoms with Crippen molar-refractivity contribution < 1.29 is 22.8 Å². The first kappa shape index (κ1) is 22.0. The minimum absolute atomic E-state index is 0.0390. The molecule has 166 valence electrons. The van der Waals surface area contributed by atoms with Crippen molar-refractivity contribution in [1.82, 2.24) is 4.90 Å². The third-order valence-electron chi connectivity index (χ3n) is 5.11. The lowest BCUT2D eigenvalue weighted by atomic mass is 10.1. The van der Waals surface area contributed by atoms with Crippen molar-refractivity contribution in [1.29, 1.82) is 0 Å². The number of alkyl halides is 3. The number of carbonyl (C=O) groups is 2. The molecule has 2 heterocycles. The van der Waals surface area contributed by atoms with Crippen LogP contribution in [0.2, 0.25) is 0 Å². The summed E-state index contributed by atoms with van der Waals surface area (Å²) in [5, 5.41) is 7.31. The van der Waals surface area contributed by atoms with Crippen LogP contribution in [0.15, 0.2) is 60.0 Å². The maximum atomic E-state index is 12.9. The smallest absolute Gasteiger partial charge is 0.325 e. The Morgan fingerprint density at radius 2 is 1.75 bits per heavy atom. The van der Waals surface area contributed by atoms with Gasteiger partial charge in [-0.25, -0.2) is 0 Å². The Balaban J connectivity index is 1.37. The zero-order valence-electron chi connectivity index (χ0n) is 16.9. The van der Waals surface area contributed by atoms with Crippen LogP contribution in [0.3, 0.4) is 0 Å². The first-order valence-corrected chi connectivity index (χ1v) is 10.8. The zero-order valence-corrected chi connectivity index (χ0v) is 17.7. The second-order valence-corrected chi connectivity index (χ2v) is 8.49. The molecule has 0 saturated carbocycles. The lowest BCUT2D eigenvalue weighted by Gasteiger charge is -2.26. The first-order chi connectivity index (χ1) is 15.3. The maximum absolute atomic E-state index is 12.9. The Hall–Kier alpha value is -3.17. The number of benzene rings is 2. The summed E-state index contributed by atoms with van der Waals surface area (Å²) in [7, 11) is 0. The van der Waals surface area contributed by atoms with Crippen molar-refractivity contribution in [2.75, 3.05) is 23.7 Å². The fourth-order valence-electron chi connectivity index (χ4n) is 3.56. The van der Waals surface area contributed by atoms with Crippen molar-refractivity contribution in [2.45, 2.75) is 19.1 Å². The van der Waals surface area contributed by atoms with Crippen LogP contribution in [0.4, 0.5) is 24.5 Å². The standard InChI is InChI=1S/C23H20F3N3O2S/c24-23(25,26)17-4-2-6-19(12-17)28-22(31)15-3-1-5-18(11-15)27-21(30)14-29-9-7-20-16(13-29)8-10-32-20/h1-6,8,10-12H,7,9,13-14H2,(H,27,30)(H,28,31). The van der Waals surface area contributed by atoms with Gasteiger partial charge in [0.05, 0.1) is 12.1 Å². The van der Waals surface area contributed by atoms with E-state index in [1.807, 2.05) is 0 Å². The molecule has 4 rings (SSSR count). The lowest BCUT2D eigenvalue weighted by Crippen LogP contribution is -2.36. The highest BCUT2D eigenvalue weighted by molar-refractivity contribution is 7.10. The van der Waals surface area contributed by atoms with E-state index in [4.69, 9.17) is 0 Å². The highest BCUT2D eigenvalue weighted by Gasteiger charge is 2.30. The van der Waals surface area contributed by atoms with Gasteiger partial charge < -0.3 is 10.6 Å². The molecule has 0 saturated heterocycles. The minimum Gasteiger partial charge on any atom is -0.325 e. The third kappa shape index (κ3) is 5.35. The summed E-state index contributed by atoms with van der Waals surface area (Å²) >= 11 is 1.73. The molecule has 2 N–H and O–H groups in total. The van der Waals surface area contributed by atoms with Gasteiger partial charge in [0.15, 0.2) is 0 Å². The molecule has 9 heteroatoms. The van der Waals surface area contributed by atoms with Gasteiger partial charge in [-0.1, -0.05) is 12.1 Å². The van der Waals surface area contributed by atoms with Gasteiger partial charge in [-0.2, -0.15) is 13.2 Å². The largest absolute Gasteiger partial charge is 0.416 e. The Morgan fingerprint density at radius 3 is 2.53 bits per heavy atom. The van der Waals surface area contributed by atoms with Gasteiger partial charge >= 0.3 is 6.18 Å². The fourth-order valence-corrected chi connectivity index (χ4v) is 4.45. The number of hydrogen-bond donors (Lipinski definition) is 2. The van der Waals surface area contributed by atoms with Gasteiger partial charge in [-0.15, -0.1) is 11.3 Å². The summed E-state index contributed by atoms with van der Waals surface area (Å²) in [6, 6.07) is 12.8. The lowest BCUT2D eigenvalue weighted by molar-refractivity contribution is -0.137. The van der Waals surface area contributed by atoms with Crippen LogP contribution in [0.1, 0.15) is 26.4 Å². The van der Waals surface area contributed by atoms with Crippen LogP contribution in [-0.2, 0) is 23.9 Å². The van der Waals surface area contributed by atoms with Crippen LogP contribution >= 0.6 is 11.3 Å². The summed E-state index contributed by atoms with van der Waals surface area (Å²) in [5.74, 6) is -0.763. The number of hydrogen-bond acceptors (Lipinski definition) is 4. The third-order valence-corrected chi connectivity index (χ3v) is 6.13. The summed E-state index contributed by atoms with van der Waals surface area (Å²) < 4.78 is 38.6. The molecule has 1 aliphatic rings. The molecular formula is C23H20F3N3O2S. The van der Waals surface area contributed by atoms with Gasteiger partial charge in [0, 0.05) is 34.9 Å². The molecule has 2 amide bonds. The number of fused-ring (bicyclic) bond motifs is 1. The maximum Gasteiger partial charge on any atom is 0.416 e. The van der Waals surface area contributed by atoms with E-state index in [1.165, 1.54) is 34.7 Å². The molecule has 0 bridgehead atoms. The number of nitrogens with zero attached hydrogens (tertiary/aromatic N) is 1. The van der Waals surface area contributed by atoms with Crippen LogP contribution in [0.25, 0.3) is 0 Å². The van der Waals surface area contributed by atoms with Gasteiger partial charge in [0.1, 0.15) is 0 Å². The first-order valence-electron chi connectivity index (χ1n) is 9.94. The van der Waals surface area contributed by atoms with Crippen molar-refractivity contribution in [3.8, 4) is 0 Å². The summed E-state index contributed by atoms with van der Waals surface area (Å²) in [5.41, 5.74) is 1.11. The highest BCUT2D eigenvalue weighted by atomic mass is 32.1. The topological polar surface area (TPSA) is 61.4 Å². The molecule has 0 spiro atoms. The van der Waals surface area contributed by atoms with Crippen LogP contribution < -0.4 is 10.6 Å². The second kappa shape index (κ2) is 9.13. The van der Waals surface area contributed by atoms with E-state index in [0.717, 1.165) is 31.6 Å². The van der Waals surface area contributed by atoms with Crippen LogP contribution in [-0.4, -0.2) is 29.8 Å². The normalized spacial score (nSPS) is 14.0. The van der Waals surface area contributed by atoms with Gasteiger partial charge in [0.2, 0.25) is 5.91 Å². The van der Waals surface area contributed by atoms with Crippen LogP contribution in [0, 0.1) is 0 Å². The molecule has 1 aliphatic heterocycles. The van der Waals surface area contributed by atoms with Gasteiger partial charge in [0.25, 0.3) is 5.91 Å². The number of nitrogens with one attached hydrogen (secondary N) is 2. The average molecular weight is 459 g/mol. The molecule has 5 nitrogen and oxygen atoms in total. The van der Waals surface area contributed by atoms with E-state index in [0.29, 0.717) is 5.69 Å². The average Bonchev–Trinajstić information content (AvgIpc) is 3.21. The van der Waals surface area contributed by atoms with Crippen molar-refractivity contribution >= 4 is 34.5 Å². The molecule has 1 aromatic heterocycles. The number of halogens is 3. The molecule has 0 atom stereocenters. The summed E-state index contributed by atoms with van der Waals surface area (Å²) in [6.45, 7) is 1.77. The van der Waals surface area contributed by atoms with E-state index >= 15 is 0 Å². The number of amides is 2. The van der Waals surface area contributed by atoms with Crippen molar-refractivity contribution in [2.24, 2.45) is 0 Å². The second-order valence-electron chi connectivity index (χ2n) is 7.49. The van der Waals surface area contributed by atoms with Gasteiger partial charge in [-0.3, -0.25) is 14.5 Å². The number of carbonyl (C=O) groups excluding carboxylic acids is 2. The van der Waals surface area contributed by atoms with E-state index in [2.05, 4.69) is 27.0 Å². The van der Waals surface area contributed by atoms with Gasteiger partial charge in [-0.05, 0) is 59.8 Å². The van der Waals surface area contributed by atoms with Crippen molar-refractivity contribution in [3.63, 3.8) is 0 Å². The Bertz CT molecular complexity index is 1140. The highest BCUT2D eigenvalue weighted by Crippen LogP contribution is 2.30. The molecule has 0 unspecified atom stereocenters. The van der Waals surface area contributed by atoms with E-state index < -0.39 is 17.6 Å². The molecule has 0 radical (unpaired) electrons. The number of rotatable bonds is 5. The van der Waals surface area contributed by atoms with Crippen molar-refractivity contribution in [3.05, 3.63) is 81.5 Å². The Morgan fingerprint density at radius 1 is 1.00 bits per heavy atom. The predicted molar refractivity (Wildman–Crippen MR) is 118 cm³/mol. The van der Waals surface area contributed by atoms with E-state index in [9.17, 15) is 22.8 Å². The summed E-state index contributed by atoms with van der Waals surface area (Å²) in [6.07, 6.45) is -3.57. The molecule has 0 fully saturated rings. The molecule has 2 aromatic carbocycles. The molecular weight excluding hydrogens is 439 g/mol. The predicted octanol–water partition coefficient (Wildman–Crippen LogP) is 5.02. The quantitative estimate of drug-likeness (QED) is 0.564. The van der Waals surface area contributed by atoms with Crippen LogP contribution in [0.5, 0.6) is 0 Å². The molecule has 3 aromatic rings. The number of anilines is 2. The Labute approximate surface area is 186 Å². The minimum atomic E-state index is -4.50. The summed E-state index contributed by atoms with van der Waals surface area (Å²) in [4.78, 5) is 28.4. The monoisotopic (exact) mass is 459 g/mol. The molecule has 32 heavy (non-hydrogen) atoms. The zero-order chi connectivity index (χ0) is 22.7. The van der Waals surface area contributed by atoms with E-state index in [1.54, 1.807) is 23.5 Å². The molecule has 0 aliphatic carbocycles. The fraction of sp³-hybridized carbons (Fsp3) is 0.217. The Kier molecular flexibility index (Phi) is 6.29.